The van der Waals surface area contributed by atoms with Gasteiger partial charge in [-0.3, -0.25) is 0 Å². The van der Waals surface area contributed by atoms with Gasteiger partial charge in [-0.1, -0.05) is 105 Å². The SMILES string of the molecule is CC1CC(P(c2ccccc2)c2ccccc2)C(c2ccccc2)C1C. The molecule has 0 heterocycles. The van der Waals surface area contributed by atoms with Gasteiger partial charge in [0.2, 0.25) is 0 Å². The van der Waals surface area contributed by atoms with Crippen LogP contribution in [0.15, 0.2) is 91.0 Å². The van der Waals surface area contributed by atoms with Gasteiger partial charge in [-0.2, -0.15) is 0 Å². The highest BCUT2D eigenvalue weighted by Gasteiger charge is 2.43. The molecule has 0 aliphatic heterocycles. The summed E-state index contributed by atoms with van der Waals surface area (Å²) in [6.45, 7) is 4.91. The fourth-order valence-electron chi connectivity index (χ4n) is 4.62. The van der Waals surface area contributed by atoms with Crippen LogP contribution >= 0.6 is 7.92 Å². The Labute approximate surface area is 159 Å². The van der Waals surface area contributed by atoms with Crippen LogP contribution in [0.2, 0.25) is 0 Å². The Hall–Kier alpha value is -1.91. The van der Waals surface area contributed by atoms with E-state index < -0.39 is 0 Å². The molecular formula is C25H27P. The lowest BCUT2D eigenvalue weighted by Crippen LogP contribution is -2.25. The summed E-state index contributed by atoms with van der Waals surface area (Å²) in [5.41, 5.74) is 2.22. The molecule has 132 valence electrons. The molecule has 1 aliphatic carbocycles. The third kappa shape index (κ3) is 3.36. The van der Waals surface area contributed by atoms with Gasteiger partial charge in [-0.25, -0.2) is 0 Å². The van der Waals surface area contributed by atoms with Gasteiger partial charge in [0.05, 0.1) is 0 Å². The molecule has 3 aromatic carbocycles. The predicted octanol–water partition coefficient (Wildman–Crippen LogP) is 5.95. The van der Waals surface area contributed by atoms with Gasteiger partial charge in [-0.05, 0) is 53.9 Å². The van der Waals surface area contributed by atoms with Crippen LogP contribution in [-0.2, 0) is 0 Å². The largest absolute Gasteiger partial charge is 0.0622 e. The summed E-state index contributed by atoms with van der Waals surface area (Å²) in [5, 5.41) is 3.03. The van der Waals surface area contributed by atoms with E-state index in [9.17, 15) is 0 Å². The van der Waals surface area contributed by atoms with E-state index in [2.05, 4.69) is 105 Å². The molecule has 4 rings (SSSR count). The van der Waals surface area contributed by atoms with Crippen LogP contribution in [-0.4, -0.2) is 5.66 Å². The highest BCUT2D eigenvalue weighted by molar-refractivity contribution is 7.73. The van der Waals surface area contributed by atoms with Crippen molar-refractivity contribution >= 4 is 18.5 Å². The van der Waals surface area contributed by atoms with E-state index >= 15 is 0 Å². The molecule has 3 aromatic rings. The Morgan fingerprint density at radius 3 is 1.62 bits per heavy atom. The van der Waals surface area contributed by atoms with Crippen molar-refractivity contribution in [3.8, 4) is 0 Å². The van der Waals surface area contributed by atoms with Crippen LogP contribution < -0.4 is 10.6 Å². The second-order valence-electron chi connectivity index (χ2n) is 7.62. The van der Waals surface area contributed by atoms with E-state index in [0.717, 1.165) is 11.8 Å². The molecule has 0 spiro atoms. The van der Waals surface area contributed by atoms with E-state index in [4.69, 9.17) is 0 Å². The van der Waals surface area contributed by atoms with Crippen molar-refractivity contribution < 1.29 is 0 Å². The summed E-state index contributed by atoms with van der Waals surface area (Å²) in [7, 11) is -0.368. The lowest BCUT2D eigenvalue weighted by Gasteiger charge is -2.32. The van der Waals surface area contributed by atoms with Crippen molar-refractivity contribution in [2.75, 3.05) is 0 Å². The second kappa shape index (κ2) is 7.77. The number of hydrogen-bond acceptors (Lipinski definition) is 0. The molecule has 0 nitrogen and oxygen atoms in total. The minimum Gasteiger partial charge on any atom is -0.0622 e. The molecule has 1 heteroatoms. The van der Waals surface area contributed by atoms with Crippen LogP contribution in [0.4, 0.5) is 0 Å². The monoisotopic (exact) mass is 358 g/mol. The van der Waals surface area contributed by atoms with Gasteiger partial charge < -0.3 is 0 Å². The molecule has 0 saturated heterocycles. The van der Waals surface area contributed by atoms with Crippen LogP contribution in [0.1, 0.15) is 31.7 Å². The van der Waals surface area contributed by atoms with Crippen LogP contribution in [0.3, 0.4) is 0 Å². The Kier molecular flexibility index (Phi) is 5.23. The van der Waals surface area contributed by atoms with E-state index in [1.54, 1.807) is 0 Å². The molecule has 0 amide bonds. The Balaban J connectivity index is 1.81. The van der Waals surface area contributed by atoms with Gasteiger partial charge in [0, 0.05) is 0 Å². The van der Waals surface area contributed by atoms with E-state index in [-0.39, 0.29) is 7.92 Å². The van der Waals surface area contributed by atoms with Crippen molar-refractivity contribution in [3.63, 3.8) is 0 Å². The smallest absolute Gasteiger partial charge is 0.00547 e. The molecule has 4 atom stereocenters. The standard InChI is InChI=1S/C25H27P/c1-19-18-24(25(20(19)2)21-12-6-3-7-13-21)26(22-14-8-4-9-15-22)23-16-10-5-11-17-23/h3-17,19-20,24-25H,18H2,1-2H3. The first-order valence-corrected chi connectivity index (χ1v) is 11.1. The normalized spacial score (nSPS) is 25.5. The third-order valence-electron chi connectivity index (χ3n) is 6.08. The average Bonchev–Trinajstić information content (AvgIpc) is 2.99. The third-order valence-corrected chi connectivity index (χ3v) is 8.98. The van der Waals surface area contributed by atoms with Gasteiger partial charge in [0.15, 0.2) is 0 Å². The van der Waals surface area contributed by atoms with Gasteiger partial charge >= 0.3 is 0 Å². The Morgan fingerprint density at radius 2 is 1.12 bits per heavy atom. The number of benzene rings is 3. The molecule has 0 radical (unpaired) electrons. The minimum absolute atomic E-state index is 0.368. The first kappa shape index (κ1) is 17.5. The summed E-state index contributed by atoms with van der Waals surface area (Å²) in [6.07, 6.45) is 1.32. The summed E-state index contributed by atoms with van der Waals surface area (Å²) in [6, 6.07) is 33.7. The van der Waals surface area contributed by atoms with Crippen molar-refractivity contribution in [1.82, 2.24) is 0 Å². The zero-order valence-corrected chi connectivity index (χ0v) is 16.5. The summed E-state index contributed by atoms with van der Waals surface area (Å²) in [4.78, 5) is 0. The lowest BCUT2D eigenvalue weighted by atomic mass is 9.87. The van der Waals surface area contributed by atoms with E-state index in [1.165, 1.54) is 22.6 Å². The topological polar surface area (TPSA) is 0 Å². The highest BCUT2D eigenvalue weighted by Crippen LogP contribution is 2.57. The minimum atomic E-state index is -0.368. The maximum Gasteiger partial charge on any atom is -0.00547 e. The van der Waals surface area contributed by atoms with Crippen molar-refractivity contribution in [2.24, 2.45) is 11.8 Å². The van der Waals surface area contributed by atoms with Crippen molar-refractivity contribution in [2.45, 2.75) is 31.8 Å². The molecule has 1 aliphatic rings. The Morgan fingerprint density at radius 1 is 0.654 bits per heavy atom. The van der Waals surface area contributed by atoms with Crippen molar-refractivity contribution in [3.05, 3.63) is 96.6 Å². The van der Waals surface area contributed by atoms with Crippen LogP contribution in [0.5, 0.6) is 0 Å². The molecule has 1 saturated carbocycles. The zero-order valence-electron chi connectivity index (χ0n) is 15.6. The quantitative estimate of drug-likeness (QED) is 0.506. The zero-order chi connectivity index (χ0) is 17.9. The van der Waals surface area contributed by atoms with Crippen molar-refractivity contribution in [1.29, 1.82) is 0 Å². The van der Waals surface area contributed by atoms with Crippen LogP contribution in [0.25, 0.3) is 0 Å². The Bertz CT molecular complexity index is 773. The molecular weight excluding hydrogens is 331 g/mol. The predicted molar refractivity (Wildman–Crippen MR) is 115 cm³/mol. The summed E-state index contributed by atoms with van der Waals surface area (Å²) >= 11 is 0. The van der Waals surface area contributed by atoms with Gasteiger partial charge in [-0.15, -0.1) is 0 Å². The lowest BCUT2D eigenvalue weighted by molar-refractivity contribution is 0.423. The first-order chi connectivity index (χ1) is 12.8. The van der Waals surface area contributed by atoms with Gasteiger partial charge in [0.1, 0.15) is 0 Å². The number of rotatable bonds is 4. The molecule has 4 unspecified atom stereocenters. The average molecular weight is 358 g/mol. The number of hydrogen-bond donors (Lipinski definition) is 0. The van der Waals surface area contributed by atoms with Crippen LogP contribution in [0, 0.1) is 11.8 Å². The highest BCUT2D eigenvalue weighted by atomic mass is 31.1. The maximum absolute atomic E-state index is 2.46. The molecule has 0 bridgehead atoms. The molecule has 26 heavy (non-hydrogen) atoms. The van der Waals surface area contributed by atoms with Gasteiger partial charge in [0.25, 0.3) is 0 Å². The molecule has 0 N–H and O–H groups in total. The first-order valence-electron chi connectivity index (χ1n) is 9.70. The second-order valence-corrected chi connectivity index (χ2v) is 10.1. The van der Waals surface area contributed by atoms with E-state index in [1.807, 2.05) is 0 Å². The fraction of sp³-hybridized carbons (Fsp3) is 0.280. The molecule has 1 fully saturated rings. The fourth-order valence-corrected chi connectivity index (χ4v) is 7.98. The van der Waals surface area contributed by atoms with E-state index in [0.29, 0.717) is 11.6 Å². The maximum atomic E-state index is 2.46. The molecule has 0 aromatic heterocycles. The summed E-state index contributed by atoms with van der Waals surface area (Å²) in [5.74, 6) is 2.13. The summed E-state index contributed by atoms with van der Waals surface area (Å²) < 4.78 is 0.